The number of carbonyl (C=O) groups is 1. The van der Waals surface area contributed by atoms with Crippen LogP contribution in [0.1, 0.15) is 46.0 Å². The molecule has 1 aliphatic carbocycles. The van der Waals surface area contributed by atoms with Crippen LogP contribution in [0.4, 0.5) is 0 Å². The molecule has 0 aliphatic heterocycles. The lowest BCUT2D eigenvalue weighted by Crippen LogP contribution is -2.55. The second-order valence-corrected chi connectivity index (χ2v) is 6.11. The van der Waals surface area contributed by atoms with E-state index in [1.165, 1.54) is 6.42 Å². The lowest BCUT2D eigenvalue weighted by molar-refractivity contribution is -0.123. The van der Waals surface area contributed by atoms with E-state index < -0.39 is 0 Å². The summed E-state index contributed by atoms with van der Waals surface area (Å²) in [4.78, 5) is 11.7. The minimum absolute atomic E-state index is 0.00523. The summed E-state index contributed by atoms with van der Waals surface area (Å²) in [5, 5.41) is 12.6. The quantitative estimate of drug-likeness (QED) is 0.781. The Labute approximate surface area is 106 Å². The van der Waals surface area contributed by atoms with Crippen LogP contribution in [0, 0.1) is 5.92 Å². The highest BCUT2D eigenvalue weighted by Crippen LogP contribution is 2.32. The van der Waals surface area contributed by atoms with E-state index in [2.05, 4.69) is 28.2 Å². The van der Waals surface area contributed by atoms with Gasteiger partial charge in [0.05, 0.1) is 17.0 Å². The van der Waals surface area contributed by atoms with Gasteiger partial charge in [-0.05, 0) is 25.2 Å². The summed E-state index contributed by atoms with van der Waals surface area (Å²) in [6.07, 6.45) is 4.83. The smallest absolute Gasteiger partial charge is 0.234 e. The first-order chi connectivity index (χ1) is 7.53. The normalized spacial score (nSPS) is 32.1. The Morgan fingerprint density at radius 1 is 1.69 bits per heavy atom. The topological polar surface area (TPSA) is 49.3 Å². The maximum Gasteiger partial charge on any atom is 0.234 e. The largest absolute Gasteiger partial charge is 0.394 e. The second-order valence-electron chi connectivity index (χ2n) is 5.01. The Morgan fingerprint density at radius 2 is 2.38 bits per heavy atom. The zero-order valence-corrected chi connectivity index (χ0v) is 11.7. The van der Waals surface area contributed by atoms with Crippen LogP contribution in [0.15, 0.2) is 0 Å². The van der Waals surface area contributed by atoms with Crippen molar-refractivity contribution in [3.05, 3.63) is 0 Å². The molecule has 0 saturated heterocycles. The van der Waals surface area contributed by atoms with E-state index in [0.717, 1.165) is 25.7 Å². The fourth-order valence-electron chi connectivity index (χ4n) is 2.48. The van der Waals surface area contributed by atoms with Crippen LogP contribution in [-0.2, 0) is 4.79 Å². The minimum atomic E-state index is -0.379. The number of alkyl halides is 1. The van der Waals surface area contributed by atoms with Crippen molar-refractivity contribution in [3.8, 4) is 0 Å². The number of rotatable bonds is 4. The third kappa shape index (κ3) is 3.45. The Morgan fingerprint density at radius 3 is 2.88 bits per heavy atom. The summed E-state index contributed by atoms with van der Waals surface area (Å²) in [6.45, 7) is 4.20. The van der Waals surface area contributed by atoms with Gasteiger partial charge in [-0.2, -0.15) is 0 Å². The number of aliphatic hydroxyl groups is 1. The van der Waals surface area contributed by atoms with E-state index in [9.17, 15) is 9.90 Å². The summed E-state index contributed by atoms with van der Waals surface area (Å²) in [6, 6.07) is 0. The molecule has 0 radical (unpaired) electrons. The number of aliphatic hydroxyl groups excluding tert-OH is 1. The van der Waals surface area contributed by atoms with Gasteiger partial charge >= 0.3 is 0 Å². The van der Waals surface area contributed by atoms with Crippen molar-refractivity contribution < 1.29 is 9.90 Å². The molecule has 3 atom stereocenters. The van der Waals surface area contributed by atoms with Gasteiger partial charge in [-0.15, -0.1) is 0 Å². The molecule has 0 aromatic rings. The van der Waals surface area contributed by atoms with Crippen molar-refractivity contribution in [1.82, 2.24) is 5.32 Å². The standard InChI is InChI=1S/C12H22BrNO2/c1-3-10(13)11(16)14-12(8-15)6-4-5-9(2)7-12/h9-10,15H,3-8H2,1-2H3,(H,14,16). The lowest BCUT2D eigenvalue weighted by Gasteiger charge is -2.39. The predicted molar refractivity (Wildman–Crippen MR) is 68.6 cm³/mol. The number of hydrogen-bond donors (Lipinski definition) is 2. The van der Waals surface area contributed by atoms with Crippen LogP contribution in [0.3, 0.4) is 0 Å². The van der Waals surface area contributed by atoms with Gasteiger partial charge in [-0.3, -0.25) is 4.79 Å². The number of hydrogen-bond acceptors (Lipinski definition) is 2. The van der Waals surface area contributed by atoms with Crippen molar-refractivity contribution in [2.75, 3.05) is 6.61 Å². The van der Waals surface area contributed by atoms with Gasteiger partial charge in [0.15, 0.2) is 0 Å². The molecular formula is C12H22BrNO2. The van der Waals surface area contributed by atoms with Gasteiger partial charge in [0.2, 0.25) is 5.91 Å². The van der Waals surface area contributed by atoms with Crippen molar-refractivity contribution in [1.29, 1.82) is 0 Å². The predicted octanol–water partition coefficient (Wildman–Crippen LogP) is 2.22. The van der Waals surface area contributed by atoms with Gasteiger partial charge < -0.3 is 10.4 Å². The first kappa shape index (κ1) is 14.0. The Hall–Kier alpha value is -0.0900. The Bertz CT molecular complexity index is 247. The van der Waals surface area contributed by atoms with Crippen LogP contribution in [0.2, 0.25) is 0 Å². The lowest BCUT2D eigenvalue weighted by atomic mass is 9.77. The molecule has 3 unspecified atom stereocenters. The monoisotopic (exact) mass is 291 g/mol. The molecule has 0 heterocycles. The number of amides is 1. The van der Waals surface area contributed by atoms with Crippen LogP contribution < -0.4 is 5.32 Å². The van der Waals surface area contributed by atoms with Crippen molar-refractivity contribution in [2.24, 2.45) is 5.92 Å². The molecule has 1 fully saturated rings. The average molecular weight is 292 g/mol. The second kappa shape index (κ2) is 6.01. The fourth-order valence-corrected chi connectivity index (χ4v) is 2.60. The highest BCUT2D eigenvalue weighted by Gasteiger charge is 2.36. The molecule has 1 amide bonds. The molecule has 1 saturated carbocycles. The average Bonchev–Trinajstić information content (AvgIpc) is 2.27. The molecule has 3 nitrogen and oxygen atoms in total. The fraction of sp³-hybridized carbons (Fsp3) is 0.917. The zero-order chi connectivity index (χ0) is 12.2. The summed E-state index contributed by atoms with van der Waals surface area (Å²) < 4.78 is 0. The molecular weight excluding hydrogens is 270 g/mol. The third-order valence-corrected chi connectivity index (χ3v) is 4.49. The molecule has 94 valence electrons. The highest BCUT2D eigenvalue weighted by molar-refractivity contribution is 9.10. The first-order valence-corrected chi connectivity index (χ1v) is 7.01. The zero-order valence-electron chi connectivity index (χ0n) is 10.1. The van der Waals surface area contributed by atoms with E-state index in [1.54, 1.807) is 0 Å². The molecule has 0 spiro atoms. The summed E-state index contributed by atoms with van der Waals surface area (Å²) >= 11 is 3.34. The molecule has 2 N–H and O–H groups in total. The molecule has 1 rings (SSSR count). The number of nitrogens with one attached hydrogen (secondary N) is 1. The van der Waals surface area contributed by atoms with Gasteiger partial charge in [0.25, 0.3) is 0 Å². The maximum absolute atomic E-state index is 11.8. The van der Waals surface area contributed by atoms with Crippen LogP contribution in [0.25, 0.3) is 0 Å². The van der Waals surface area contributed by atoms with E-state index in [4.69, 9.17) is 0 Å². The van der Waals surface area contributed by atoms with Gasteiger partial charge in [0.1, 0.15) is 0 Å². The summed E-state index contributed by atoms with van der Waals surface area (Å²) in [5.74, 6) is 0.585. The SMILES string of the molecule is CCC(Br)C(=O)NC1(CO)CCCC(C)C1. The number of carbonyl (C=O) groups excluding carboxylic acids is 1. The molecule has 16 heavy (non-hydrogen) atoms. The van der Waals surface area contributed by atoms with Crippen molar-refractivity contribution in [2.45, 2.75) is 56.3 Å². The molecule has 0 bridgehead atoms. The minimum Gasteiger partial charge on any atom is -0.394 e. The van der Waals surface area contributed by atoms with Gasteiger partial charge in [0, 0.05) is 0 Å². The molecule has 4 heteroatoms. The van der Waals surface area contributed by atoms with E-state index in [0.29, 0.717) is 5.92 Å². The maximum atomic E-state index is 11.8. The van der Waals surface area contributed by atoms with E-state index >= 15 is 0 Å². The highest BCUT2D eigenvalue weighted by atomic mass is 79.9. The first-order valence-electron chi connectivity index (χ1n) is 6.10. The van der Waals surface area contributed by atoms with Crippen molar-refractivity contribution >= 4 is 21.8 Å². The summed E-state index contributed by atoms with van der Waals surface area (Å²) in [5.41, 5.74) is -0.379. The van der Waals surface area contributed by atoms with Crippen molar-refractivity contribution in [3.63, 3.8) is 0 Å². The Balaban J connectivity index is 2.62. The molecule has 1 aliphatic rings. The molecule has 0 aromatic heterocycles. The number of halogens is 1. The van der Waals surface area contributed by atoms with Crippen LogP contribution in [-0.4, -0.2) is 28.0 Å². The van der Waals surface area contributed by atoms with Gasteiger partial charge in [-0.25, -0.2) is 0 Å². The van der Waals surface area contributed by atoms with E-state index in [-0.39, 0.29) is 22.9 Å². The molecule has 0 aromatic carbocycles. The summed E-state index contributed by atoms with van der Waals surface area (Å²) in [7, 11) is 0. The Kier molecular flexibility index (Phi) is 5.25. The van der Waals surface area contributed by atoms with Gasteiger partial charge in [-0.1, -0.05) is 42.6 Å². The third-order valence-electron chi connectivity index (χ3n) is 3.43. The van der Waals surface area contributed by atoms with E-state index in [1.807, 2.05) is 6.92 Å². The van der Waals surface area contributed by atoms with Crippen LogP contribution in [0.5, 0.6) is 0 Å². The van der Waals surface area contributed by atoms with Crippen LogP contribution >= 0.6 is 15.9 Å².